The third-order valence-electron chi connectivity index (χ3n) is 3.74. The van der Waals surface area contributed by atoms with Gasteiger partial charge in [-0.2, -0.15) is 0 Å². The topological polar surface area (TPSA) is 0 Å². The van der Waals surface area contributed by atoms with Crippen molar-refractivity contribution in [3.8, 4) is 11.1 Å². The van der Waals surface area contributed by atoms with Crippen molar-refractivity contribution in [3.05, 3.63) is 84.9 Å². The zero-order valence-electron chi connectivity index (χ0n) is 11.0. The highest BCUT2D eigenvalue weighted by Crippen LogP contribution is 2.31. The molecule has 4 aromatic rings. The van der Waals surface area contributed by atoms with Crippen LogP contribution in [0.4, 0.5) is 0 Å². The Morgan fingerprint density at radius 3 is 2.10 bits per heavy atom. The summed E-state index contributed by atoms with van der Waals surface area (Å²) >= 11 is 0. The number of hydrogen-bond acceptors (Lipinski definition) is 0. The van der Waals surface area contributed by atoms with Gasteiger partial charge in [0.1, 0.15) is 0 Å². The second-order valence-electron chi connectivity index (χ2n) is 5.01. The lowest BCUT2D eigenvalue weighted by atomic mass is 9.96. The summed E-state index contributed by atoms with van der Waals surface area (Å²) in [7, 11) is 0. The fourth-order valence-corrected chi connectivity index (χ4v) is 2.75. The van der Waals surface area contributed by atoms with E-state index >= 15 is 0 Å². The molecule has 0 nitrogen and oxygen atoms in total. The summed E-state index contributed by atoms with van der Waals surface area (Å²) in [6.45, 7) is 0. The molecule has 93 valence electrons. The summed E-state index contributed by atoms with van der Waals surface area (Å²) in [5.41, 5.74) is 2.39. The minimum atomic E-state index is 1.17. The van der Waals surface area contributed by atoms with Gasteiger partial charge in [0.15, 0.2) is 0 Å². The van der Waals surface area contributed by atoms with Crippen LogP contribution < -0.4 is 0 Å². The first kappa shape index (κ1) is 11.2. The third kappa shape index (κ3) is 1.78. The minimum absolute atomic E-state index is 1.17. The highest BCUT2D eigenvalue weighted by molar-refractivity contribution is 6.04. The Balaban J connectivity index is 2.09. The van der Waals surface area contributed by atoms with Crippen molar-refractivity contribution in [2.45, 2.75) is 0 Å². The number of benzene rings is 4. The molecule has 0 fully saturated rings. The van der Waals surface area contributed by atoms with E-state index in [9.17, 15) is 0 Å². The molecule has 0 aromatic heterocycles. The van der Waals surface area contributed by atoms with E-state index < -0.39 is 0 Å². The van der Waals surface area contributed by atoms with Crippen molar-refractivity contribution in [2.75, 3.05) is 0 Å². The van der Waals surface area contributed by atoms with E-state index in [1.165, 1.54) is 32.7 Å². The highest BCUT2D eigenvalue weighted by atomic mass is 14.1. The molecule has 0 aliphatic rings. The van der Waals surface area contributed by atoms with Crippen molar-refractivity contribution >= 4 is 21.5 Å². The van der Waals surface area contributed by atoms with E-state index in [2.05, 4.69) is 72.8 Å². The predicted octanol–water partition coefficient (Wildman–Crippen LogP) is 5.46. The molecule has 0 unspecified atom stereocenters. The van der Waals surface area contributed by atoms with Crippen LogP contribution in [0.15, 0.2) is 78.9 Å². The third-order valence-corrected chi connectivity index (χ3v) is 3.74. The van der Waals surface area contributed by atoms with Gasteiger partial charge in [0, 0.05) is 0 Å². The molecule has 20 heavy (non-hydrogen) atoms. The molecular formula is C20H13. The summed E-state index contributed by atoms with van der Waals surface area (Å²) in [5.74, 6) is 0. The van der Waals surface area contributed by atoms with Crippen LogP contribution in [0.2, 0.25) is 0 Å². The van der Waals surface area contributed by atoms with Gasteiger partial charge in [0.2, 0.25) is 0 Å². The maximum absolute atomic E-state index is 3.39. The number of hydrogen-bond donors (Lipinski definition) is 0. The van der Waals surface area contributed by atoms with Crippen LogP contribution in [0.5, 0.6) is 0 Å². The van der Waals surface area contributed by atoms with E-state index in [0.717, 1.165) is 0 Å². The molecule has 0 aliphatic heterocycles. The average Bonchev–Trinajstić information content (AvgIpc) is 2.53. The summed E-state index contributed by atoms with van der Waals surface area (Å²) < 4.78 is 0. The lowest BCUT2D eigenvalue weighted by Crippen LogP contribution is -1.82. The molecule has 0 heterocycles. The highest BCUT2D eigenvalue weighted by Gasteiger charge is 2.05. The standard InChI is InChI=1S/C20H13/c1-2-7-15(8-3-1)19-12-6-11-18-13-16-9-4-5-10-17(16)14-20(18)19/h1-11,13-14H. The molecule has 0 N–H and O–H groups in total. The SMILES string of the molecule is [c]1ccc2cc3ccccc3cc2c1-c1ccccc1. The van der Waals surface area contributed by atoms with Gasteiger partial charge < -0.3 is 0 Å². The summed E-state index contributed by atoms with van der Waals surface area (Å²) in [4.78, 5) is 0. The Morgan fingerprint density at radius 1 is 0.600 bits per heavy atom. The second-order valence-corrected chi connectivity index (χ2v) is 5.01. The van der Waals surface area contributed by atoms with Crippen LogP contribution in [-0.4, -0.2) is 0 Å². The van der Waals surface area contributed by atoms with Gasteiger partial charge in [-0.05, 0) is 50.9 Å². The van der Waals surface area contributed by atoms with Crippen LogP contribution in [0.25, 0.3) is 32.7 Å². The Labute approximate surface area is 118 Å². The van der Waals surface area contributed by atoms with Crippen LogP contribution in [0.1, 0.15) is 0 Å². The van der Waals surface area contributed by atoms with Crippen LogP contribution in [-0.2, 0) is 0 Å². The van der Waals surface area contributed by atoms with Crippen molar-refractivity contribution in [2.24, 2.45) is 0 Å². The summed E-state index contributed by atoms with van der Waals surface area (Å²) in [6, 6.07) is 31.0. The molecule has 0 saturated carbocycles. The maximum Gasteiger partial charge on any atom is -0.00264 e. The molecule has 0 amide bonds. The van der Waals surface area contributed by atoms with Gasteiger partial charge in [-0.15, -0.1) is 0 Å². The first-order chi connectivity index (χ1) is 9.92. The van der Waals surface area contributed by atoms with Crippen molar-refractivity contribution in [1.29, 1.82) is 0 Å². The number of fused-ring (bicyclic) bond motifs is 2. The van der Waals surface area contributed by atoms with E-state index in [-0.39, 0.29) is 0 Å². The van der Waals surface area contributed by atoms with Gasteiger partial charge in [-0.3, -0.25) is 0 Å². The minimum Gasteiger partial charge on any atom is -0.0622 e. The zero-order valence-corrected chi connectivity index (χ0v) is 11.0. The smallest absolute Gasteiger partial charge is 0.00264 e. The lowest BCUT2D eigenvalue weighted by Gasteiger charge is -2.08. The molecule has 4 rings (SSSR count). The Hall–Kier alpha value is -2.60. The normalized spacial score (nSPS) is 11.0. The largest absolute Gasteiger partial charge is 0.0622 e. The van der Waals surface area contributed by atoms with Gasteiger partial charge in [-0.25, -0.2) is 0 Å². The molecule has 0 aliphatic carbocycles. The average molecular weight is 253 g/mol. The molecule has 0 heteroatoms. The van der Waals surface area contributed by atoms with E-state index in [1.807, 2.05) is 12.1 Å². The Kier molecular flexibility index (Phi) is 2.53. The first-order valence-corrected chi connectivity index (χ1v) is 6.80. The van der Waals surface area contributed by atoms with Crippen LogP contribution in [0.3, 0.4) is 0 Å². The van der Waals surface area contributed by atoms with Gasteiger partial charge >= 0.3 is 0 Å². The zero-order chi connectivity index (χ0) is 13.4. The second kappa shape index (κ2) is 4.50. The maximum atomic E-state index is 3.39. The van der Waals surface area contributed by atoms with E-state index in [4.69, 9.17) is 0 Å². The van der Waals surface area contributed by atoms with Crippen molar-refractivity contribution in [1.82, 2.24) is 0 Å². The fourth-order valence-electron chi connectivity index (χ4n) is 2.75. The van der Waals surface area contributed by atoms with E-state index in [0.29, 0.717) is 0 Å². The van der Waals surface area contributed by atoms with Crippen molar-refractivity contribution < 1.29 is 0 Å². The molecule has 1 radical (unpaired) electrons. The molecular weight excluding hydrogens is 240 g/mol. The lowest BCUT2D eigenvalue weighted by molar-refractivity contribution is 1.65. The molecule has 0 spiro atoms. The molecule has 4 aromatic carbocycles. The predicted molar refractivity (Wildman–Crippen MR) is 85.7 cm³/mol. The van der Waals surface area contributed by atoms with Gasteiger partial charge in [0.05, 0.1) is 0 Å². The Bertz CT molecular complexity index is 889. The van der Waals surface area contributed by atoms with Gasteiger partial charge in [0.25, 0.3) is 0 Å². The van der Waals surface area contributed by atoms with E-state index in [1.54, 1.807) is 0 Å². The van der Waals surface area contributed by atoms with Gasteiger partial charge in [-0.1, -0.05) is 66.7 Å². The molecule has 0 atom stereocenters. The van der Waals surface area contributed by atoms with Crippen LogP contribution >= 0.6 is 0 Å². The fraction of sp³-hybridized carbons (Fsp3) is 0. The van der Waals surface area contributed by atoms with Crippen molar-refractivity contribution in [3.63, 3.8) is 0 Å². The number of rotatable bonds is 1. The first-order valence-electron chi connectivity index (χ1n) is 6.80. The molecule has 0 saturated heterocycles. The quantitative estimate of drug-likeness (QED) is 0.395. The Morgan fingerprint density at radius 2 is 1.30 bits per heavy atom. The monoisotopic (exact) mass is 253 g/mol. The molecule has 0 bridgehead atoms. The summed E-state index contributed by atoms with van der Waals surface area (Å²) in [5, 5.41) is 5.08. The summed E-state index contributed by atoms with van der Waals surface area (Å²) in [6.07, 6.45) is 0. The van der Waals surface area contributed by atoms with Crippen LogP contribution in [0, 0.1) is 6.07 Å².